The van der Waals surface area contributed by atoms with Crippen LogP contribution in [0.3, 0.4) is 0 Å². The van der Waals surface area contributed by atoms with Crippen LogP contribution < -0.4 is 10.2 Å². The fourth-order valence-corrected chi connectivity index (χ4v) is 1.98. The number of hydrogen-bond acceptors (Lipinski definition) is 6. The van der Waals surface area contributed by atoms with Gasteiger partial charge in [0.15, 0.2) is 6.61 Å². The van der Waals surface area contributed by atoms with Crippen LogP contribution in [0.25, 0.3) is 0 Å². The van der Waals surface area contributed by atoms with Gasteiger partial charge in [-0.1, -0.05) is 12.1 Å². The number of rotatable bonds is 6. The first-order chi connectivity index (χ1) is 11.5. The van der Waals surface area contributed by atoms with Crippen LogP contribution in [-0.4, -0.2) is 33.9 Å². The molecule has 24 heavy (non-hydrogen) atoms. The lowest BCUT2D eigenvalue weighted by molar-refractivity contribution is -0.123. The van der Waals surface area contributed by atoms with Crippen molar-refractivity contribution < 1.29 is 19.7 Å². The molecule has 0 saturated heterocycles. The third kappa shape index (κ3) is 4.53. The van der Waals surface area contributed by atoms with Gasteiger partial charge >= 0.3 is 0 Å². The van der Waals surface area contributed by atoms with E-state index in [1.165, 1.54) is 12.4 Å². The van der Waals surface area contributed by atoms with Crippen LogP contribution in [0.5, 0.6) is 11.5 Å². The highest BCUT2D eigenvalue weighted by Crippen LogP contribution is 2.21. The molecule has 7 heteroatoms. The van der Waals surface area contributed by atoms with E-state index in [2.05, 4.69) is 15.5 Å². The molecule has 1 amide bonds. The van der Waals surface area contributed by atoms with E-state index in [-0.39, 0.29) is 19.0 Å². The molecule has 2 aromatic rings. The Labute approximate surface area is 139 Å². The summed E-state index contributed by atoms with van der Waals surface area (Å²) in [7, 11) is 0. The van der Waals surface area contributed by atoms with Crippen LogP contribution in [0.1, 0.15) is 22.4 Å². The van der Waals surface area contributed by atoms with Gasteiger partial charge in [-0.2, -0.15) is 5.10 Å². The number of hydrogen-bond donors (Lipinski definition) is 3. The van der Waals surface area contributed by atoms with E-state index in [0.29, 0.717) is 22.6 Å². The fourth-order valence-electron chi connectivity index (χ4n) is 1.98. The first kappa shape index (κ1) is 17.4. The van der Waals surface area contributed by atoms with Gasteiger partial charge in [-0.05, 0) is 31.5 Å². The van der Waals surface area contributed by atoms with E-state index in [4.69, 9.17) is 4.74 Å². The summed E-state index contributed by atoms with van der Waals surface area (Å²) in [6.07, 6.45) is 2.71. The van der Waals surface area contributed by atoms with E-state index in [9.17, 15) is 15.0 Å². The summed E-state index contributed by atoms with van der Waals surface area (Å²) in [5.74, 6) is 0.0678. The molecule has 1 aromatic heterocycles. The number of carbonyl (C=O) groups excluding carboxylic acids is 1. The SMILES string of the molecule is Cc1cccc(OCC(=O)N/N=C/c2c(CO)cnc(C)c2O)c1. The Bertz CT molecular complexity index is 759. The van der Waals surface area contributed by atoms with Crippen molar-refractivity contribution in [2.45, 2.75) is 20.5 Å². The molecule has 0 aliphatic carbocycles. The van der Waals surface area contributed by atoms with Gasteiger partial charge in [-0.15, -0.1) is 0 Å². The Balaban J connectivity index is 1.94. The minimum Gasteiger partial charge on any atom is -0.505 e. The van der Waals surface area contributed by atoms with Crippen LogP contribution in [0, 0.1) is 13.8 Å². The molecule has 0 fully saturated rings. The number of benzene rings is 1. The maximum absolute atomic E-state index is 11.7. The highest BCUT2D eigenvalue weighted by atomic mass is 16.5. The Morgan fingerprint density at radius 2 is 2.21 bits per heavy atom. The van der Waals surface area contributed by atoms with E-state index in [0.717, 1.165) is 5.56 Å². The monoisotopic (exact) mass is 329 g/mol. The Kier molecular flexibility index (Phi) is 5.86. The number of pyridine rings is 1. The number of nitrogens with zero attached hydrogens (tertiary/aromatic N) is 2. The van der Waals surface area contributed by atoms with Crippen LogP contribution in [-0.2, 0) is 11.4 Å². The standard InChI is InChI=1S/C17H19N3O4/c1-11-4-3-5-14(6-11)24-10-16(22)20-19-8-15-13(9-21)7-18-12(2)17(15)23/h3-8,21,23H,9-10H2,1-2H3,(H,20,22)/b19-8+. The summed E-state index contributed by atoms with van der Waals surface area (Å²) in [6.45, 7) is 3.07. The topological polar surface area (TPSA) is 104 Å². The molecule has 0 saturated carbocycles. The zero-order valence-corrected chi connectivity index (χ0v) is 13.5. The Morgan fingerprint density at radius 1 is 1.42 bits per heavy atom. The molecule has 0 atom stereocenters. The summed E-state index contributed by atoms with van der Waals surface area (Å²) >= 11 is 0. The predicted octanol–water partition coefficient (Wildman–Crippen LogP) is 1.43. The summed E-state index contributed by atoms with van der Waals surface area (Å²) in [5.41, 5.74) is 4.46. The first-order valence-electron chi connectivity index (χ1n) is 7.31. The Hall–Kier alpha value is -2.93. The van der Waals surface area contributed by atoms with Crippen molar-refractivity contribution in [1.82, 2.24) is 10.4 Å². The number of aliphatic hydroxyl groups excluding tert-OH is 1. The van der Waals surface area contributed by atoms with Gasteiger partial charge in [0.2, 0.25) is 0 Å². The van der Waals surface area contributed by atoms with E-state index in [1.54, 1.807) is 13.0 Å². The second-order valence-corrected chi connectivity index (χ2v) is 5.19. The van der Waals surface area contributed by atoms with Crippen molar-refractivity contribution in [2.75, 3.05) is 6.61 Å². The van der Waals surface area contributed by atoms with Gasteiger partial charge in [0.1, 0.15) is 11.5 Å². The summed E-state index contributed by atoms with van der Waals surface area (Å²) in [5, 5.41) is 23.0. The first-order valence-corrected chi connectivity index (χ1v) is 7.31. The molecule has 2 rings (SSSR count). The van der Waals surface area contributed by atoms with Crippen molar-refractivity contribution in [2.24, 2.45) is 5.10 Å². The van der Waals surface area contributed by atoms with E-state index >= 15 is 0 Å². The molecule has 0 radical (unpaired) electrons. The average Bonchev–Trinajstić information content (AvgIpc) is 2.57. The second-order valence-electron chi connectivity index (χ2n) is 5.19. The lowest BCUT2D eigenvalue weighted by atomic mass is 10.1. The van der Waals surface area contributed by atoms with Crippen LogP contribution >= 0.6 is 0 Å². The molecular formula is C17H19N3O4. The molecule has 0 aliphatic heterocycles. The van der Waals surface area contributed by atoms with E-state index < -0.39 is 5.91 Å². The number of aromatic hydroxyl groups is 1. The lowest BCUT2D eigenvalue weighted by Gasteiger charge is -2.07. The quantitative estimate of drug-likeness (QED) is 0.549. The Morgan fingerprint density at radius 3 is 2.92 bits per heavy atom. The minimum atomic E-state index is -0.441. The van der Waals surface area contributed by atoms with E-state index in [1.807, 2.05) is 25.1 Å². The largest absolute Gasteiger partial charge is 0.505 e. The molecule has 1 heterocycles. The molecule has 0 bridgehead atoms. The van der Waals surface area contributed by atoms with Crippen molar-refractivity contribution in [1.29, 1.82) is 0 Å². The molecule has 0 spiro atoms. The molecular weight excluding hydrogens is 310 g/mol. The predicted molar refractivity (Wildman–Crippen MR) is 89.0 cm³/mol. The normalized spacial score (nSPS) is 10.8. The summed E-state index contributed by atoms with van der Waals surface area (Å²) in [6, 6.07) is 7.35. The number of aromatic nitrogens is 1. The third-order valence-corrected chi connectivity index (χ3v) is 3.27. The highest BCUT2D eigenvalue weighted by molar-refractivity contribution is 5.87. The number of carbonyl (C=O) groups is 1. The molecule has 7 nitrogen and oxygen atoms in total. The number of nitrogens with one attached hydrogen (secondary N) is 1. The molecule has 126 valence electrons. The second kappa shape index (κ2) is 8.07. The van der Waals surface area contributed by atoms with Crippen molar-refractivity contribution >= 4 is 12.1 Å². The van der Waals surface area contributed by atoms with Crippen LogP contribution in [0.2, 0.25) is 0 Å². The third-order valence-electron chi connectivity index (χ3n) is 3.27. The molecule has 1 aromatic carbocycles. The number of amides is 1. The van der Waals surface area contributed by atoms with Crippen molar-refractivity contribution in [3.8, 4) is 11.5 Å². The zero-order chi connectivity index (χ0) is 17.5. The van der Waals surface area contributed by atoms with Gasteiger partial charge in [0.25, 0.3) is 5.91 Å². The minimum absolute atomic E-state index is 0.0874. The van der Waals surface area contributed by atoms with Crippen LogP contribution in [0.4, 0.5) is 0 Å². The number of aliphatic hydroxyl groups is 1. The van der Waals surface area contributed by atoms with Gasteiger partial charge in [-0.3, -0.25) is 9.78 Å². The highest BCUT2D eigenvalue weighted by Gasteiger charge is 2.09. The maximum Gasteiger partial charge on any atom is 0.277 e. The number of ether oxygens (including phenoxy) is 1. The van der Waals surface area contributed by atoms with Crippen molar-refractivity contribution in [3.63, 3.8) is 0 Å². The lowest BCUT2D eigenvalue weighted by Crippen LogP contribution is -2.24. The van der Waals surface area contributed by atoms with Gasteiger partial charge in [0, 0.05) is 17.3 Å². The maximum atomic E-state index is 11.7. The van der Waals surface area contributed by atoms with Crippen molar-refractivity contribution in [3.05, 3.63) is 52.8 Å². The van der Waals surface area contributed by atoms with Gasteiger partial charge < -0.3 is 14.9 Å². The zero-order valence-electron chi connectivity index (χ0n) is 13.5. The molecule has 0 unspecified atom stereocenters. The summed E-state index contributed by atoms with van der Waals surface area (Å²) in [4.78, 5) is 15.7. The molecule has 3 N–H and O–H groups in total. The number of hydrazone groups is 1. The summed E-state index contributed by atoms with van der Waals surface area (Å²) < 4.78 is 5.35. The smallest absolute Gasteiger partial charge is 0.277 e. The molecule has 0 aliphatic rings. The number of aryl methyl sites for hydroxylation is 2. The van der Waals surface area contributed by atoms with Gasteiger partial charge in [-0.25, -0.2) is 5.43 Å². The van der Waals surface area contributed by atoms with Crippen LogP contribution in [0.15, 0.2) is 35.6 Å². The fraction of sp³-hybridized carbons (Fsp3) is 0.235. The average molecular weight is 329 g/mol. The van der Waals surface area contributed by atoms with Gasteiger partial charge in [0.05, 0.1) is 18.5 Å².